The van der Waals surface area contributed by atoms with Crippen molar-refractivity contribution in [2.24, 2.45) is 0 Å². The Hall–Kier alpha value is -6.77. The van der Waals surface area contributed by atoms with Crippen molar-refractivity contribution in [3.8, 4) is 0 Å². The first-order chi connectivity index (χ1) is 25.8. The summed E-state index contributed by atoms with van der Waals surface area (Å²) in [6, 6.07) is 48.8. The van der Waals surface area contributed by atoms with E-state index in [1.54, 1.807) is 37.2 Å². The van der Waals surface area contributed by atoms with Crippen LogP contribution in [-0.4, -0.2) is 34.9 Å². The fourth-order valence-corrected chi connectivity index (χ4v) is 5.22. The third-order valence-electron chi connectivity index (χ3n) is 7.54. The molecule has 0 amide bonds. The van der Waals surface area contributed by atoms with Gasteiger partial charge in [-0.1, -0.05) is 103 Å². The molecule has 9 nitrogen and oxygen atoms in total. The van der Waals surface area contributed by atoms with Gasteiger partial charge in [0.05, 0.1) is 0 Å². The largest absolute Gasteiger partial charge is 2.00 e. The van der Waals surface area contributed by atoms with Gasteiger partial charge in [0.2, 0.25) is 0 Å². The number of rotatable bonds is 0. The summed E-state index contributed by atoms with van der Waals surface area (Å²) in [6.45, 7) is 0. The van der Waals surface area contributed by atoms with Gasteiger partial charge in [0.25, 0.3) is 0 Å². The molecule has 0 N–H and O–H groups in total. The molecule has 0 aliphatic rings. The van der Waals surface area contributed by atoms with Crippen LogP contribution < -0.4 is 9.97 Å². The van der Waals surface area contributed by atoms with Gasteiger partial charge in [-0.25, -0.2) is 0 Å². The Labute approximate surface area is 318 Å². The molecule has 0 unspecified atom stereocenters. The summed E-state index contributed by atoms with van der Waals surface area (Å²) in [4.78, 5) is 40.3. The van der Waals surface area contributed by atoms with E-state index < -0.39 is 0 Å². The van der Waals surface area contributed by atoms with E-state index in [-0.39, 0.29) is 19.5 Å². The zero-order valence-corrected chi connectivity index (χ0v) is 31.6. The number of pyridine rings is 3. The molecule has 0 aliphatic carbocycles. The van der Waals surface area contributed by atoms with Crippen molar-refractivity contribution >= 4 is 66.2 Å². The van der Waals surface area contributed by atoms with Crippen molar-refractivity contribution in [2.75, 3.05) is 0 Å². The van der Waals surface area contributed by atoms with E-state index in [1.165, 1.54) is 0 Å². The summed E-state index contributed by atoms with van der Waals surface area (Å²) < 4.78 is 0. The first-order valence-electron chi connectivity index (χ1n) is 16.5. The Kier molecular flexibility index (Phi) is 12.6. The van der Waals surface area contributed by atoms with Crippen molar-refractivity contribution in [3.63, 3.8) is 0 Å². The van der Waals surface area contributed by atoms with Crippen molar-refractivity contribution in [2.45, 2.75) is 0 Å². The average Bonchev–Trinajstić information content (AvgIpc) is 3.74. The van der Waals surface area contributed by atoms with Gasteiger partial charge >= 0.3 is 19.5 Å². The second kappa shape index (κ2) is 18.5. The van der Waals surface area contributed by atoms with Crippen molar-refractivity contribution in [3.05, 3.63) is 189 Å². The molecule has 10 heteroatoms. The maximum absolute atomic E-state index is 4.84. The third kappa shape index (κ3) is 9.73. The van der Waals surface area contributed by atoms with Gasteiger partial charge in [0.15, 0.2) is 0 Å². The molecule has 0 fully saturated rings. The van der Waals surface area contributed by atoms with E-state index in [4.69, 9.17) is 29.9 Å². The number of aromatic nitrogens is 9. The van der Waals surface area contributed by atoms with Crippen LogP contribution in [0.5, 0.6) is 0 Å². The SMILES string of the molecule is [Zn+2].c1cc2cc(c1)nc1[n-]c(nc3cccc(c3)nc3[n-]c(n2)c2ccccc32)c2ccccc12.c1ccncc1.c1ccncc1.c1ccncc1. The third-order valence-corrected chi connectivity index (χ3v) is 7.54. The molecule has 10 rings (SSSR count). The molecule has 0 saturated heterocycles. The Morgan fingerprint density at radius 2 is 0.547 bits per heavy atom. The van der Waals surface area contributed by atoms with Gasteiger partial charge < -0.3 is 29.9 Å². The van der Waals surface area contributed by atoms with Crippen molar-refractivity contribution in [1.82, 2.24) is 44.9 Å². The van der Waals surface area contributed by atoms with Crippen LogP contribution in [0.1, 0.15) is 0 Å². The second-order valence-corrected chi connectivity index (χ2v) is 11.2. The van der Waals surface area contributed by atoms with Gasteiger partial charge in [-0.05, 0) is 92.1 Å². The number of fused-ring (bicyclic) bond motifs is 14. The quantitative estimate of drug-likeness (QED) is 0.140. The molecule has 53 heavy (non-hydrogen) atoms. The zero-order valence-electron chi connectivity index (χ0n) is 28.6. The average molecular weight is 739 g/mol. The predicted octanol–water partition coefficient (Wildman–Crippen LogP) is 9.03. The Balaban J connectivity index is 0.000000206. The summed E-state index contributed by atoms with van der Waals surface area (Å²) in [5.41, 5.74) is 5.63. The van der Waals surface area contributed by atoms with Crippen molar-refractivity contribution < 1.29 is 19.5 Å². The molecule has 8 bridgehead atoms. The standard InChI is InChI=1S/C28H16N6.3C5H5N.Zn/c1-2-12-22-21(11-1)25-29-17-7-5-9-19(15-17)31-27-23-13-3-4-14-24(23)28(34-27)32-20-10-6-8-18(16-20)30-26(22)33-25;3*1-2-4-6-5-3-1;/h1-16H;3*1-5H;/q-2;;;;+2. The van der Waals surface area contributed by atoms with Gasteiger partial charge in [-0.15, -0.1) is 0 Å². The van der Waals surface area contributed by atoms with E-state index in [0.717, 1.165) is 43.6 Å². The molecule has 0 atom stereocenters. The normalized spacial score (nSPS) is 10.1. The Bertz CT molecular complexity index is 2330. The van der Waals surface area contributed by atoms with E-state index in [9.17, 15) is 0 Å². The molecule has 6 aromatic heterocycles. The smallest absolute Gasteiger partial charge is 0.361 e. The van der Waals surface area contributed by atoms with E-state index >= 15 is 0 Å². The minimum Gasteiger partial charge on any atom is -0.361 e. The Morgan fingerprint density at radius 1 is 0.283 bits per heavy atom. The first-order valence-corrected chi connectivity index (χ1v) is 16.5. The van der Waals surface area contributed by atoms with E-state index in [0.29, 0.717) is 22.6 Å². The summed E-state index contributed by atoms with van der Waals surface area (Å²) in [5, 5.41) is 3.84. The van der Waals surface area contributed by atoms with Gasteiger partial charge in [0.1, 0.15) is 0 Å². The first kappa shape index (κ1) is 36.0. The fraction of sp³-hybridized carbons (Fsp3) is 0. The summed E-state index contributed by atoms with van der Waals surface area (Å²) in [5.74, 6) is 0. The summed E-state index contributed by atoms with van der Waals surface area (Å²) in [7, 11) is 0. The van der Waals surface area contributed by atoms with E-state index in [2.05, 4.69) is 15.0 Å². The molecule has 250 valence electrons. The van der Waals surface area contributed by atoms with E-state index in [1.807, 2.05) is 152 Å². The van der Waals surface area contributed by atoms with Gasteiger partial charge in [-0.2, -0.15) is 0 Å². The molecule has 0 saturated carbocycles. The zero-order chi connectivity index (χ0) is 35.2. The molecule has 10 aromatic rings. The molecular formula is C43H31N9Zn. The van der Waals surface area contributed by atoms with Crippen LogP contribution in [0.3, 0.4) is 0 Å². The fourth-order valence-electron chi connectivity index (χ4n) is 5.22. The van der Waals surface area contributed by atoms with Gasteiger partial charge in [-0.3, -0.25) is 15.0 Å². The molecule has 4 aromatic carbocycles. The molecule has 0 spiro atoms. The van der Waals surface area contributed by atoms with Crippen LogP contribution >= 0.6 is 0 Å². The van der Waals surface area contributed by atoms with Crippen LogP contribution in [0.25, 0.3) is 66.2 Å². The van der Waals surface area contributed by atoms with Crippen LogP contribution in [0.2, 0.25) is 0 Å². The maximum atomic E-state index is 4.84. The molecule has 6 heterocycles. The second-order valence-electron chi connectivity index (χ2n) is 11.2. The van der Waals surface area contributed by atoms with Crippen LogP contribution in [0.4, 0.5) is 0 Å². The topological polar surface area (TPSA) is 118 Å². The number of nitrogens with zero attached hydrogens (tertiary/aromatic N) is 9. The minimum absolute atomic E-state index is 0. The van der Waals surface area contributed by atoms with Gasteiger partial charge in [0, 0.05) is 59.8 Å². The number of benzene rings is 4. The Morgan fingerprint density at radius 3 is 0.755 bits per heavy atom. The van der Waals surface area contributed by atoms with Crippen LogP contribution in [0, 0.1) is 0 Å². The molecular weight excluding hydrogens is 708 g/mol. The minimum atomic E-state index is 0. The summed E-state index contributed by atoms with van der Waals surface area (Å²) >= 11 is 0. The maximum Gasteiger partial charge on any atom is 2.00 e. The predicted molar refractivity (Wildman–Crippen MR) is 208 cm³/mol. The van der Waals surface area contributed by atoms with Crippen molar-refractivity contribution in [1.29, 1.82) is 0 Å². The van der Waals surface area contributed by atoms with Crippen LogP contribution in [0.15, 0.2) is 189 Å². The molecule has 0 aliphatic heterocycles. The summed E-state index contributed by atoms with van der Waals surface area (Å²) in [6.07, 6.45) is 10.5. The number of hydrogen-bond acceptors (Lipinski definition) is 7. The van der Waals surface area contributed by atoms with Crippen LogP contribution in [-0.2, 0) is 19.5 Å². The number of hydrogen-bond donors (Lipinski definition) is 0. The monoisotopic (exact) mass is 737 g/mol. The molecule has 0 radical (unpaired) electrons.